The molecule has 0 aliphatic rings. The van der Waals surface area contributed by atoms with Gasteiger partial charge in [-0.05, 0) is 147 Å². The van der Waals surface area contributed by atoms with Crippen LogP contribution in [0.4, 0.5) is 0 Å². The van der Waals surface area contributed by atoms with Gasteiger partial charge in [0.25, 0.3) is 0 Å². The summed E-state index contributed by atoms with van der Waals surface area (Å²) in [5.41, 5.74) is 15.5. The lowest BCUT2D eigenvalue weighted by Crippen LogP contribution is -1.99. The zero-order chi connectivity index (χ0) is 41.7. The summed E-state index contributed by atoms with van der Waals surface area (Å²) in [6, 6.07) is 91.2. The zero-order valence-corrected chi connectivity index (χ0v) is 34.6. The van der Waals surface area contributed by atoms with Gasteiger partial charge in [-0.25, -0.2) is 0 Å². The van der Waals surface area contributed by atoms with Crippen molar-refractivity contribution in [3.8, 4) is 72.7 Å². The van der Waals surface area contributed by atoms with Gasteiger partial charge in [0.05, 0.1) is 11.4 Å². The van der Waals surface area contributed by atoms with Crippen molar-refractivity contribution in [3.63, 3.8) is 0 Å². The van der Waals surface area contributed by atoms with Crippen molar-refractivity contribution in [1.29, 1.82) is 0 Å². The molecule has 0 saturated heterocycles. The standard InChI is InChI=1S/C62H41N/c1-3-13-48(14-4-1)61-35-36-62(49-15-5-2-6-16-49)63(61)56-32-31-54-40-59-57(46-25-19-44(20-26-46)52-29-23-42-11-7-9-17-50(42)37-52)33-34-58(60(59)41-55(54)39-56)47-27-21-45(22-28-47)53-30-24-43-12-8-10-18-51(43)38-53/h1-41H. The average Bonchev–Trinajstić information content (AvgIpc) is 3.81. The fourth-order valence-corrected chi connectivity index (χ4v) is 9.53. The first-order valence-electron chi connectivity index (χ1n) is 21.7. The molecule has 63 heavy (non-hydrogen) atoms. The highest BCUT2D eigenvalue weighted by molar-refractivity contribution is 6.11. The second-order valence-corrected chi connectivity index (χ2v) is 16.5. The molecule has 12 rings (SSSR count). The van der Waals surface area contributed by atoms with Gasteiger partial charge in [-0.3, -0.25) is 0 Å². The van der Waals surface area contributed by atoms with Crippen molar-refractivity contribution < 1.29 is 0 Å². The van der Waals surface area contributed by atoms with E-state index >= 15 is 0 Å². The molecule has 0 aliphatic heterocycles. The molecule has 1 heterocycles. The Balaban J connectivity index is 1.01. The lowest BCUT2D eigenvalue weighted by molar-refractivity contribution is 1.10. The summed E-state index contributed by atoms with van der Waals surface area (Å²) in [6.07, 6.45) is 0. The highest BCUT2D eigenvalue weighted by atomic mass is 15.0. The summed E-state index contributed by atoms with van der Waals surface area (Å²) in [5, 5.41) is 9.90. The molecule has 11 aromatic carbocycles. The van der Waals surface area contributed by atoms with Crippen molar-refractivity contribution in [2.75, 3.05) is 0 Å². The molecule has 0 fully saturated rings. The third kappa shape index (κ3) is 6.68. The topological polar surface area (TPSA) is 4.93 Å². The first-order valence-corrected chi connectivity index (χ1v) is 21.7. The van der Waals surface area contributed by atoms with E-state index in [4.69, 9.17) is 0 Å². The number of aromatic nitrogens is 1. The highest BCUT2D eigenvalue weighted by Gasteiger charge is 2.17. The molecule has 1 heteroatoms. The molecule has 1 aromatic heterocycles. The summed E-state index contributed by atoms with van der Waals surface area (Å²) >= 11 is 0. The van der Waals surface area contributed by atoms with Crippen LogP contribution < -0.4 is 0 Å². The van der Waals surface area contributed by atoms with E-state index in [0.29, 0.717) is 0 Å². The summed E-state index contributed by atoms with van der Waals surface area (Å²) in [5.74, 6) is 0. The van der Waals surface area contributed by atoms with Crippen LogP contribution >= 0.6 is 0 Å². The largest absolute Gasteiger partial charge is 0.309 e. The molecule has 0 spiro atoms. The number of hydrogen-bond acceptors (Lipinski definition) is 0. The van der Waals surface area contributed by atoms with E-state index in [-0.39, 0.29) is 0 Å². The van der Waals surface area contributed by atoms with Gasteiger partial charge in [-0.1, -0.05) is 200 Å². The van der Waals surface area contributed by atoms with Crippen LogP contribution in [0.3, 0.4) is 0 Å². The van der Waals surface area contributed by atoms with E-state index in [1.165, 1.54) is 98.7 Å². The molecule has 0 radical (unpaired) electrons. The smallest absolute Gasteiger partial charge is 0.0535 e. The Kier molecular flexibility index (Phi) is 8.90. The Labute approximate surface area is 367 Å². The molecule has 1 nitrogen and oxygen atoms in total. The lowest BCUT2D eigenvalue weighted by atomic mass is 9.89. The van der Waals surface area contributed by atoms with Gasteiger partial charge in [-0.15, -0.1) is 0 Å². The number of rotatable bonds is 7. The fraction of sp³-hybridized carbons (Fsp3) is 0. The molecule has 294 valence electrons. The predicted molar refractivity (Wildman–Crippen MR) is 268 cm³/mol. The quantitative estimate of drug-likeness (QED) is 0.142. The number of fused-ring (bicyclic) bond motifs is 4. The van der Waals surface area contributed by atoms with Crippen molar-refractivity contribution in [1.82, 2.24) is 4.57 Å². The van der Waals surface area contributed by atoms with Crippen LogP contribution in [0.1, 0.15) is 0 Å². The van der Waals surface area contributed by atoms with Crippen molar-refractivity contribution in [3.05, 3.63) is 249 Å². The van der Waals surface area contributed by atoms with Gasteiger partial charge >= 0.3 is 0 Å². The molecule has 0 N–H and O–H groups in total. The molecule has 0 bridgehead atoms. The summed E-state index contributed by atoms with van der Waals surface area (Å²) in [4.78, 5) is 0. The van der Waals surface area contributed by atoms with Crippen LogP contribution in [0, 0.1) is 0 Å². The SMILES string of the molecule is c1ccc(-c2ccc(-c3ccccc3)n2-c2ccc3cc4c(-c5ccc(-c6ccc7ccccc7c6)cc5)ccc(-c5ccc(-c6ccc7ccccc7c6)cc5)c4cc3c2)cc1. The van der Waals surface area contributed by atoms with Crippen LogP contribution in [-0.4, -0.2) is 4.57 Å². The molecule has 0 aliphatic carbocycles. The van der Waals surface area contributed by atoms with E-state index in [1.54, 1.807) is 0 Å². The van der Waals surface area contributed by atoms with Gasteiger partial charge in [-0.2, -0.15) is 0 Å². The third-order valence-corrected chi connectivity index (χ3v) is 12.8. The van der Waals surface area contributed by atoms with Gasteiger partial charge in [0.2, 0.25) is 0 Å². The normalized spacial score (nSPS) is 11.5. The molecule has 0 amide bonds. The zero-order valence-electron chi connectivity index (χ0n) is 34.6. The van der Waals surface area contributed by atoms with E-state index < -0.39 is 0 Å². The Bertz CT molecular complexity index is 3580. The first-order chi connectivity index (χ1) is 31.2. The second-order valence-electron chi connectivity index (χ2n) is 16.5. The minimum absolute atomic E-state index is 1.13. The monoisotopic (exact) mass is 799 g/mol. The van der Waals surface area contributed by atoms with E-state index in [0.717, 1.165) is 17.1 Å². The molecule has 0 unspecified atom stereocenters. The van der Waals surface area contributed by atoms with Gasteiger partial charge in [0, 0.05) is 5.69 Å². The maximum Gasteiger partial charge on any atom is 0.0535 e. The van der Waals surface area contributed by atoms with Gasteiger partial charge in [0.15, 0.2) is 0 Å². The molecule has 12 aromatic rings. The summed E-state index contributed by atoms with van der Waals surface area (Å²) < 4.78 is 2.41. The molecular formula is C62H41N. The van der Waals surface area contributed by atoms with Gasteiger partial charge < -0.3 is 4.57 Å². The predicted octanol–water partition coefficient (Wildman–Crippen LogP) is 17.1. The second kappa shape index (κ2) is 15.3. The van der Waals surface area contributed by atoms with Crippen LogP contribution in [0.25, 0.3) is 116 Å². The van der Waals surface area contributed by atoms with Crippen molar-refractivity contribution in [2.45, 2.75) is 0 Å². The van der Waals surface area contributed by atoms with E-state index in [2.05, 4.69) is 253 Å². The fourth-order valence-electron chi connectivity index (χ4n) is 9.53. The van der Waals surface area contributed by atoms with Crippen LogP contribution in [0.5, 0.6) is 0 Å². The third-order valence-electron chi connectivity index (χ3n) is 12.8. The van der Waals surface area contributed by atoms with Crippen LogP contribution in [0.2, 0.25) is 0 Å². The van der Waals surface area contributed by atoms with E-state index in [9.17, 15) is 0 Å². The summed E-state index contributed by atoms with van der Waals surface area (Å²) in [6.45, 7) is 0. The number of hydrogen-bond donors (Lipinski definition) is 0. The minimum Gasteiger partial charge on any atom is -0.309 e. The maximum absolute atomic E-state index is 2.42. The highest BCUT2D eigenvalue weighted by Crippen LogP contribution is 2.41. The minimum atomic E-state index is 1.13. The molecular weight excluding hydrogens is 759 g/mol. The Morgan fingerprint density at radius 3 is 1.08 bits per heavy atom. The number of benzene rings is 11. The van der Waals surface area contributed by atoms with E-state index in [1.807, 2.05) is 0 Å². The molecule has 0 saturated carbocycles. The number of nitrogens with zero attached hydrogens (tertiary/aromatic N) is 1. The van der Waals surface area contributed by atoms with Crippen LogP contribution in [0.15, 0.2) is 249 Å². The molecule has 0 atom stereocenters. The van der Waals surface area contributed by atoms with Crippen LogP contribution in [-0.2, 0) is 0 Å². The average molecular weight is 800 g/mol. The Morgan fingerprint density at radius 2 is 0.587 bits per heavy atom. The van der Waals surface area contributed by atoms with Crippen molar-refractivity contribution in [2.24, 2.45) is 0 Å². The Hall–Kier alpha value is -8.26. The lowest BCUT2D eigenvalue weighted by Gasteiger charge is -2.17. The Morgan fingerprint density at radius 1 is 0.206 bits per heavy atom. The summed E-state index contributed by atoms with van der Waals surface area (Å²) in [7, 11) is 0. The van der Waals surface area contributed by atoms with Crippen molar-refractivity contribution >= 4 is 43.1 Å². The van der Waals surface area contributed by atoms with Gasteiger partial charge in [0.1, 0.15) is 0 Å². The maximum atomic E-state index is 2.42. The first kappa shape index (κ1) is 36.6.